The molecule has 1 aromatic heterocycles. The van der Waals surface area contributed by atoms with E-state index < -0.39 is 0 Å². The van der Waals surface area contributed by atoms with Crippen LogP contribution in [0.4, 0.5) is 0 Å². The van der Waals surface area contributed by atoms with Gasteiger partial charge in [-0.2, -0.15) is 9.48 Å². The lowest BCUT2D eigenvalue weighted by Crippen LogP contribution is -2.54. The summed E-state index contributed by atoms with van der Waals surface area (Å²) in [5.41, 5.74) is 8.87. The smallest absolute Gasteiger partial charge is 0.344 e. The fraction of sp³-hybridized carbons (Fsp3) is 0.0714. The molecule has 0 aliphatic carbocycles. The van der Waals surface area contributed by atoms with Gasteiger partial charge in [-0.25, -0.2) is 4.98 Å². The van der Waals surface area contributed by atoms with Gasteiger partial charge < -0.3 is 10.9 Å². The second kappa shape index (κ2) is 4.03. The van der Waals surface area contributed by atoms with E-state index in [2.05, 4.69) is 15.1 Å². The normalized spacial score (nSPS) is 23.0. The maximum Gasteiger partial charge on any atom is 0.344 e. The minimum atomic E-state index is 0.0687. The van der Waals surface area contributed by atoms with E-state index in [1.807, 2.05) is 35.0 Å². The van der Waals surface area contributed by atoms with E-state index in [0.717, 1.165) is 22.8 Å². The Morgan fingerprint density at radius 2 is 2.24 bits per heavy atom. The molecule has 21 heavy (non-hydrogen) atoms. The number of quaternary nitrogens is 1. The highest BCUT2D eigenvalue weighted by Crippen LogP contribution is 2.32. The summed E-state index contributed by atoms with van der Waals surface area (Å²) in [6.07, 6.45) is 7.07. The predicted octanol–water partition coefficient (Wildman–Crippen LogP) is 1.14. The third-order valence-corrected chi connectivity index (χ3v) is 3.94. The van der Waals surface area contributed by atoms with Gasteiger partial charge in [0.1, 0.15) is 12.7 Å². The highest BCUT2D eigenvalue weighted by molar-refractivity contribution is 6.04. The van der Waals surface area contributed by atoms with Crippen LogP contribution in [0.2, 0.25) is 0 Å². The van der Waals surface area contributed by atoms with E-state index in [1.165, 1.54) is 0 Å². The van der Waals surface area contributed by atoms with Crippen molar-refractivity contribution < 1.29 is 9.69 Å². The number of nitrogens with two attached hydrogens (primary N) is 1. The average Bonchev–Trinajstić information content (AvgIpc) is 3.13. The molecule has 0 bridgehead atoms. The van der Waals surface area contributed by atoms with Crippen LogP contribution in [0.25, 0.3) is 5.69 Å². The molecular weight excluding hydrogens is 268 g/mol. The first kappa shape index (κ1) is 11.9. The molecule has 4 rings (SSSR count). The van der Waals surface area contributed by atoms with Gasteiger partial charge in [0.2, 0.25) is 5.84 Å². The second-order valence-corrected chi connectivity index (χ2v) is 5.01. The molecule has 1 unspecified atom stereocenters. The maximum atomic E-state index is 9.20. The van der Waals surface area contributed by atoms with Crippen LogP contribution in [0.3, 0.4) is 0 Å². The van der Waals surface area contributed by atoms with Gasteiger partial charge in [-0.15, -0.1) is 0 Å². The van der Waals surface area contributed by atoms with E-state index in [9.17, 15) is 5.21 Å². The van der Waals surface area contributed by atoms with E-state index in [0.29, 0.717) is 6.54 Å². The number of oxime groups is 1. The molecule has 7 nitrogen and oxygen atoms in total. The van der Waals surface area contributed by atoms with Crippen LogP contribution in [0.5, 0.6) is 0 Å². The van der Waals surface area contributed by atoms with Crippen LogP contribution >= 0.6 is 0 Å². The highest BCUT2D eigenvalue weighted by Gasteiger charge is 2.45. The third-order valence-electron chi connectivity index (χ3n) is 3.94. The number of benzene rings is 1. The number of amidine groups is 1. The number of aliphatic imine (C=N–C) groups is 1. The summed E-state index contributed by atoms with van der Waals surface area (Å²) in [6.45, 7) is 0.486. The topological polar surface area (TPSA) is 88.8 Å². The number of aromatic nitrogens is 2. The predicted molar refractivity (Wildman–Crippen MR) is 76.6 cm³/mol. The minimum absolute atomic E-state index is 0.0687. The van der Waals surface area contributed by atoms with Crippen molar-refractivity contribution >= 4 is 11.8 Å². The van der Waals surface area contributed by atoms with Crippen molar-refractivity contribution in [3.8, 4) is 5.69 Å². The second-order valence-electron chi connectivity index (χ2n) is 5.01. The highest BCUT2D eigenvalue weighted by atomic mass is 16.4. The standard InChI is InChI=1S/C14H12N6O/c15-14(18-21)20-6-5-17-13(20)11-3-1-2-4-12(11)19-9-16-7-10(19)8-20/h1-7,9H,8H2,(H2-,15,18,21)/p+1. The summed E-state index contributed by atoms with van der Waals surface area (Å²) in [4.78, 5) is 8.69. The molecule has 0 radical (unpaired) electrons. The van der Waals surface area contributed by atoms with Gasteiger partial charge in [0.15, 0.2) is 0 Å². The Hall–Kier alpha value is -2.93. The molecule has 0 saturated carbocycles. The van der Waals surface area contributed by atoms with Gasteiger partial charge in [0.25, 0.3) is 0 Å². The molecule has 104 valence electrons. The lowest BCUT2D eigenvalue weighted by Gasteiger charge is -2.27. The zero-order chi connectivity index (χ0) is 14.4. The summed E-state index contributed by atoms with van der Waals surface area (Å²) >= 11 is 0. The van der Waals surface area contributed by atoms with Crippen molar-refractivity contribution in [1.82, 2.24) is 9.55 Å². The molecule has 7 heteroatoms. The summed E-state index contributed by atoms with van der Waals surface area (Å²) in [5.74, 6) is 0.816. The minimum Gasteiger partial charge on any atom is -0.405 e. The number of hydrogen-bond donors (Lipinski definition) is 2. The van der Waals surface area contributed by atoms with Crippen molar-refractivity contribution in [1.29, 1.82) is 0 Å². The number of imidazole rings is 1. The Bertz CT molecular complexity index is 818. The average molecular weight is 281 g/mol. The van der Waals surface area contributed by atoms with Crippen LogP contribution in [0, 0.1) is 0 Å². The van der Waals surface area contributed by atoms with Crippen LogP contribution in [-0.2, 0) is 6.54 Å². The van der Waals surface area contributed by atoms with Crippen molar-refractivity contribution in [3.05, 3.63) is 60.4 Å². The van der Waals surface area contributed by atoms with Gasteiger partial charge in [-0.05, 0) is 17.3 Å². The Labute approximate surface area is 120 Å². The third kappa shape index (κ3) is 1.43. The van der Waals surface area contributed by atoms with Crippen LogP contribution in [0.15, 0.2) is 59.3 Å². The Kier molecular flexibility index (Phi) is 2.28. The number of guanidine groups is 1. The quantitative estimate of drug-likeness (QED) is 0.249. The molecule has 1 aromatic carbocycles. The Morgan fingerprint density at radius 3 is 3.10 bits per heavy atom. The molecule has 0 spiro atoms. The number of hydrogen-bond acceptors (Lipinski definition) is 4. The molecule has 2 aromatic rings. The molecule has 3 heterocycles. The molecule has 1 atom stereocenters. The Balaban J connectivity index is 2.07. The van der Waals surface area contributed by atoms with Crippen molar-refractivity contribution in [2.75, 3.05) is 0 Å². The molecule has 2 aliphatic rings. The van der Waals surface area contributed by atoms with Gasteiger partial charge in [-0.3, -0.25) is 4.57 Å². The van der Waals surface area contributed by atoms with E-state index in [-0.39, 0.29) is 10.4 Å². The number of rotatable bonds is 0. The van der Waals surface area contributed by atoms with Crippen molar-refractivity contribution in [3.63, 3.8) is 0 Å². The largest absolute Gasteiger partial charge is 0.405 e. The number of nitrogens with zero attached hydrogens (tertiary/aromatic N) is 5. The van der Waals surface area contributed by atoms with Crippen LogP contribution in [0.1, 0.15) is 11.3 Å². The van der Waals surface area contributed by atoms with Crippen molar-refractivity contribution in [2.24, 2.45) is 15.9 Å². The van der Waals surface area contributed by atoms with E-state index >= 15 is 0 Å². The molecule has 0 saturated heterocycles. The zero-order valence-electron chi connectivity index (χ0n) is 11.1. The summed E-state index contributed by atoms with van der Waals surface area (Å²) < 4.78 is 2.08. The van der Waals surface area contributed by atoms with E-state index in [1.54, 1.807) is 18.7 Å². The maximum absolute atomic E-state index is 9.20. The molecule has 2 aliphatic heterocycles. The van der Waals surface area contributed by atoms with Gasteiger partial charge in [0.05, 0.1) is 35.7 Å². The monoisotopic (exact) mass is 281 g/mol. The first-order valence-corrected chi connectivity index (χ1v) is 6.49. The van der Waals surface area contributed by atoms with Crippen LogP contribution < -0.4 is 5.73 Å². The Morgan fingerprint density at radius 1 is 1.38 bits per heavy atom. The SMILES string of the molecule is NC(=NO)[N+]12C=CN=C1c1ccccc1-n1cncc1C2. The fourth-order valence-electron chi connectivity index (χ4n) is 2.93. The molecule has 0 amide bonds. The first-order valence-electron chi connectivity index (χ1n) is 6.49. The zero-order valence-corrected chi connectivity index (χ0v) is 11.1. The molecule has 0 fully saturated rings. The molecular formula is C14H13N6O+. The van der Waals surface area contributed by atoms with Crippen molar-refractivity contribution in [2.45, 2.75) is 6.54 Å². The summed E-state index contributed by atoms with van der Waals surface area (Å²) in [6, 6.07) is 7.90. The van der Waals surface area contributed by atoms with Gasteiger partial charge in [0, 0.05) is 0 Å². The van der Waals surface area contributed by atoms with E-state index in [4.69, 9.17) is 5.73 Å². The first-order chi connectivity index (χ1) is 10.3. The number of para-hydroxylation sites is 1. The summed E-state index contributed by atoms with van der Waals surface area (Å²) in [7, 11) is 0. The summed E-state index contributed by atoms with van der Waals surface area (Å²) in [5, 5.41) is 12.4. The lowest BCUT2D eigenvalue weighted by molar-refractivity contribution is -0.703. The fourth-order valence-corrected chi connectivity index (χ4v) is 2.93. The molecule has 3 N–H and O–H groups in total. The van der Waals surface area contributed by atoms with Crippen LogP contribution in [-0.4, -0.2) is 31.0 Å². The number of fused-ring (bicyclic) bond motifs is 5. The van der Waals surface area contributed by atoms with Gasteiger partial charge >= 0.3 is 5.96 Å². The van der Waals surface area contributed by atoms with Gasteiger partial charge in [-0.1, -0.05) is 12.1 Å². The lowest BCUT2D eigenvalue weighted by atomic mass is 10.1.